The molecule has 2 unspecified atom stereocenters. The second-order valence-corrected chi connectivity index (χ2v) is 13.6. The van der Waals surface area contributed by atoms with E-state index in [4.69, 9.17) is 33.6 Å². The van der Waals surface area contributed by atoms with Gasteiger partial charge < -0.3 is 48.2 Å². The summed E-state index contributed by atoms with van der Waals surface area (Å²) >= 11 is 0. The first-order valence-corrected chi connectivity index (χ1v) is 18.4. The van der Waals surface area contributed by atoms with Crippen LogP contribution in [0.5, 0.6) is 17.2 Å². The number of benzene rings is 3. The molecule has 53 heavy (non-hydrogen) atoms. The topological polar surface area (TPSA) is 253 Å². The Bertz CT molecular complexity index is 2020. The molecule has 0 saturated carbocycles. The largest absolute Gasteiger partial charge is 0.756 e. The molecule has 2 atom stereocenters. The molecular weight excluding hydrogens is 742 g/mol. The zero-order valence-corrected chi connectivity index (χ0v) is 30.4. The van der Waals surface area contributed by atoms with Crippen LogP contribution in [0, 0.1) is 0 Å². The summed E-state index contributed by atoms with van der Waals surface area (Å²) in [7, 11) is -5.38. The van der Waals surface area contributed by atoms with Crippen LogP contribution < -0.4 is 19.1 Å². The van der Waals surface area contributed by atoms with Crippen LogP contribution in [0.3, 0.4) is 0 Å². The minimum Gasteiger partial charge on any atom is -0.756 e. The highest BCUT2D eigenvalue weighted by atomic mass is 31.2. The van der Waals surface area contributed by atoms with Gasteiger partial charge in [0.1, 0.15) is 11.4 Å². The Kier molecular flexibility index (Phi) is 13.5. The summed E-state index contributed by atoms with van der Waals surface area (Å²) in [5.41, 5.74) is -0.106. The van der Waals surface area contributed by atoms with Gasteiger partial charge in [0.05, 0.1) is 38.1 Å². The third-order valence-corrected chi connectivity index (χ3v) is 8.13. The van der Waals surface area contributed by atoms with Gasteiger partial charge in [-0.25, -0.2) is 18.9 Å². The number of phosphoric ester groups is 2. The van der Waals surface area contributed by atoms with E-state index in [-0.39, 0.29) is 34.7 Å². The van der Waals surface area contributed by atoms with Crippen molar-refractivity contribution < 1.29 is 76.2 Å². The number of phosphoric acid groups is 2. The summed E-state index contributed by atoms with van der Waals surface area (Å²) in [6.07, 6.45) is -1.62. The molecule has 284 valence electrons. The lowest BCUT2D eigenvalue weighted by molar-refractivity contribution is -0.221. The van der Waals surface area contributed by atoms with Crippen molar-refractivity contribution in [3.05, 3.63) is 106 Å². The number of ether oxygens (including phenoxy) is 4. The molecule has 0 radical (unpaired) electrons. The molecule has 0 aliphatic carbocycles. The van der Waals surface area contributed by atoms with Crippen molar-refractivity contribution in [2.24, 2.45) is 0 Å². The van der Waals surface area contributed by atoms with E-state index in [2.05, 4.69) is 9.05 Å². The molecule has 0 fully saturated rings. The van der Waals surface area contributed by atoms with Crippen molar-refractivity contribution in [1.29, 1.82) is 0 Å². The Labute approximate surface area is 302 Å². The fraction of sp³-hybridized carbons (Fsp3) is 0.242. The number of aliphatic hydroxyl groups excluding tert-OH is 1. The summed E-state index contributed by atoms with van der Waals surface area (Å²) in [5, 5.41) is 11.6. The van der Waals surface area contributed by atoms with Crippen LogP contribution in [0.2, 0.25) is 0 Å². The Morgan fingerprint density at radius 2 is 1.26 bits per heavy atom. The quantitative estimate of drug-likeness (QED) is 0.0724. The monoisotopic (exact) mass is 777 g/mol. The Hall–Kier alpha value is -4.71. The molecule has 0 saturated heterocycles. The molecule has 1 aromatic heterocycles. The second-order valence-electron chi connectivity index (χ2n) is 11.2. The van der Waals surface area contributed by atoms with Crippen LogP contribution >= 0.6 is 15.6 Å². The molecule has 4 rings (SSSR count). The van der Waals surface area contributed by atoms with Crippen LogP contribution in [0.4, 0.5) is 0 Å². The maximum atomic E-state index is 13.7. The van der Waals surface area contributed by atoms with Crippen LogP contribution in [0.15, 0.2) is 72.8 Å². The fourth-order valence-electron chi connectivity index (χ4n) is 4.69. The van der Waals surface area contributed by atoms with Gasteiger partial charge in [-0.3, -0.25) is 18.6 Å². The number of carbonyl (C=O) groups excluding carboxylic acids is 3. The summed E-state index contributed by atoms with van der Waals surface area (Å²) in [5.74, 6) is -3.88. The van der Waals surface area contributed by atoms with Crippen molar-refractivity contribution in [3.8, 4) is 22.9 Å². The van der Waals surface area contributed by atoms with E-state index in [0.29, 0.717) is 11.3 Å². The number of nitrogens with zero attached hydrogens (tertiary/aromatic N) is 2. The maximum absolute atomic E-state index is 13.7. The number of hydrogen-bond donors (Lipinski definition) is 4. The molecular formula is C33H35N2O16P2-. The summed E-state index contributed by atoms with van der Waals surface area (Å²) in [4.78, 5) is 80.3. The molecule has 4 aromatic rings. The smallest absolute Gasteiger partial charge is 0.469 e. The zero-order valence-electron chi connectivity index (χ0n) is 28.6. The third kappa shape index (κ3) is 10.9. The summed E-state index contributed by atoms with van der Waals surface area (Å²) in [6, 6.07) is 16.5. The molecule has 0 spiro atoms. The third-order valence-electron chi connectivity index (χ3n) is 7.21. The Balaban J connectivity index is 1.89. The predicted octanol–water partition coefficient (Wildman–Crippen LogP) is 3.24. The SMILES string of the molecule is CCOC(=O)c1c(OC(=O)c2ccc(COP(=O)([O-])O)cc2)c(OC(=O)c2ccc(COP(=O)(O)O)cc2)c(C(O)N(C)C)n1-c1ccc(OC)cc1. The predicted molar refractivity (Wildman–Crippen MR) is 181 cm³/mol. The standard InChI is InChI=1S/C33H36N2O16P2/c1-5-47-33(39)27-29(51-32(38)23-12-8-21(9-13-23)19-49-53(43,44)45)28(50-31(37)22-10-6-20(7-11-22)18-48-52(40,41)42)26(30(36)34(2)3)35(27)24-14-16-25(46-4)17-15-24/h6-17,30,36H,5,18-19H2,1-4H3,(H2,40,41,42)(H2,43,44,45)/p-1. The molecule has 1 heterocycles. The first-order valence-electron chi connectivity index (χ1n) is 15.4. The normalized spacial score (nSPS) is 13.2. The Morgan fingerprint density at radius 3 is 1.70 bits per heavy atom. The van der Waals surface area contributed by atoms with Gasteiger partial charge in [-0.15, -0.1) is 0 Å². The molecule has 0 bridgehead atoms. The molecule has 0 aliphatic rings. The average molecular weight is 778 g/mol. The number of methoxy groups -OCH3 is 1. The minimum absolute atomic E-state index is 0.0919. The van der Waals surface area contributed by atoms with E-state index in [1.807, 2.05) is 0 Å². The van der Waals surface area contributed by atoms with Crippen molar-refractivity contribution in [2.75, 3.05) is 27.8 Å². The Morgan fingerprint density at radius 1 is 0.774 bits per heavy atom. The molecule has 4 N–H and O–H groups in total. The van der Waals surface area contributed by atoms with Crippen LogP contribution in [-0.2, 0) is 36.1 Å². The maximum Gasteiger partial charge on any atom is 0.469 e. The van der Waals surface area contributed by atoms with Crippen LogP contribution in [0.1, 0.15) is 61.2 Å². The number of carbonyl (C=O) groups is 3. The highest BCUT2D eigenvalue weighted by Crippen LogP contribution is 2.45. The lowest BCUT2D eigenvalue weighted by atomic mass is 10.1. The molecule has 0 amide bonds. The summed E-state index contributed by atoms with van der Waals surface area (Å²) in [6.45, 7) is 0.394. The van der Waals surface area contributed by atoms with Gasteiger partial charge in [0, 0.05) is 5.69 Å². The second kappa shape index (κ2) is 17.4. The first kappa shape index (κ1) is 41.1. The fourth-order valence-corrected chi connectivity index (χ4v) is 5.32. The first-order chi connectivity index (χ1) is 24.9. The number of aromatic nitrogens is 1. The molecule has 3 aromatic carbocycles. The van der Waals surface area contributed by atoms with Gasteiger partial charge in [0.2, 0.25) is 5.75 Å². The van der Waals surface area contributed by atoms with Crippen molar-refractivity contribution in [3.63, 3.8) is 0 Å². The molecule has 18 nitrogen and oxygen atoms in total. The van der Waals surface area contributed by atoms with Crippen molar-refractivity contribution in [1.82, 2.24) is 9.47 Å². The highest BCUT2D eigenvalue weighted by molar-refractivity contribution is 7.46. The van der Waals surface area contributed by atoms with Gasteiger partial charge in [-0.05, 0) is 80.7 Å². The van der Waals surface area contributed by atoms with Gasteiger partial charge in [-0.2, -0.15) is 0 Å². The average Bonchev–Trinajstić information content (AvgIpc) is 3.42. The number of hydrogen-bond acceptors (Lipinski definition) is 14. The minimum atomic E-state index is -5.02. The number of esters is 3. The lowest BCUT2D eigenvalue weighted by Gasteiger charge is -2.22. The lowest BCUT2D eigenvalue weighted by Crippen LogP contribution is -2.24. The van der Waals surface area contributed by atoms with E-state index >= 15 is 0 Å². The van der Waals surface area contributed by atoms with E-state index in [1.165, 1.54) is 98.3 Å². The van der Waals surface area contributed by atoms with E-state index in [0.717, 1.165) is 0 Å². The zero-order chi connectivity index (χ0) is 39.1. The molecule has 20 heteroatoms. The molecule has 0 aliphatic heterocycles. The number of aliphatic hydroxyl groups is 1. The van der Waals surface area contributed by atoms with E-state index in [9.17, 15) is 33.5 Å². The van der Waals surface area contributed by atoms with Crippen LogP contribution in [0.25, 0.3) is 5.69 Å². The van der Waals surface area contributed by atoms with Crippen LogP contribution in [-0.4, -0.2) is 75.0 Å². The number of rotatable bonds is 16. The van der Waals surface area contributed by atoms with Gasteiger partial charge in [0.15, 0.2) is 17.7 Å². The van der Waals surface area contributed by atoms with E-state index in [1.54, 1.807) is 12.1 Å². The summed E-state index contributed by atoms with van der Waals surface area (Å²) < 4.78 is 54.3. The van der Waals surface area contributed by atoms with Crippen molar-refractivity contribution >= 4 is 33.6 Å². The van der Waals surface area contributed by atoms with E-state index < -0.39 is 70.2 Å². The van der Waals surface area contributed by atoms with Gasteiger partial charge >= 0.3 is 25.7 Å². The van der Waals surface area contributed by atoms with Gasteiger partial charge in [-0.1, -0.05) is 24.3 Å². The highest BCUT2D eigenvalue weighted by Gasteiger charge is 2.38. The van der Waals surface area contributed by atoms with Crippen molar-refractivity contribution in [2.45, 2.75) is 26.4 Å². The van der Waals surface area contributed by atoms with Gasteiger partial charge in [0.25, 0.3) is 7.82 Å².